The molecule has 9 heteroatoms. The van der Waals surface area contributed by atoms with Crippen molar-refractivity contribution in [3.05, 3.63) is 41.2 Å². The molecule has 0 atom stereocenters. The zero-order valence-electron chi connectivity index (χ0n) is 9.60. The topological polar surface area (TPSA) is 87.7 Å². The first-order chi connectivity index (χ1) is 8.99. The fraction of sp³-hybridized carbons (Fsp3) is 0.200. The molecule has 2 rings (SSSR count). The number of nitrogens with one attached hydrogen (secondary N) is 2. The summed E-state index contributed by atoms with van der Waals surface area (Å²) in [5, 5.41) is 6.36. The van der Waals surface area contributed by atoms with E-state index in [1.54, 1.807) is 0 Å². The number of hydrogen-bond donors (Lipinski definition) is 2. The molecule has 102 valence electrons. The zero-order chi connectivity index (χ0) is 13.9. The van der Waals surface area contributed by atoms with Crippen LogP contribution in [0.25, 0.3) is 0 Å². The predicted octanol–water partition coefficient (Wildman–Crippen LogP) is 1.12. The Bertz CT molecular complexity index is 660. The van der Waals surface area contributed by atoms with Crippen LogP contribution in [-0.4, -0.2) is 30.1 Å². The van der Waals surface area contributed by atoms with Crippen molar-refractivity contribution < 1.29 is 12.8 Å². The predicted molar refractivity (Wildman–Crippen MR) is 66.7 cm³/mol. The van der Waals surface area contributed by atoms with Gasteiger partial charge in [-0.3, -0.25) is 5.10 Å². The molecule has 0 radical (unpaired) electrons. The van der Waals surface area contributed by atoms with Crippen LogP contribution in [0.5, 0.6) is 0 Å². The molecule has 2 N–H and O–H groups in total. The van der Waals surface area contributed by atoms with E-state index in [1.807, 2.05) is 0 Å². The van der Waals surface area contributed by atoms with Crippen molar-refractivity contribution >= 4 is 21.6 Å². The second kappa shape index (κ2) is 5.64. The zero-order valence-corrected chi connectivity index (χ0v) is 11.2. The first kappa shape index (κ1) is 13.9. The standard InChI is InChI=1S/C10H10ClFN4O2S/c11-7-1-2-9(8(12)5-7)19(17,18)15-4-3-10-13-6-14-16-10/h1-2,5-6,15H,3-4H2,(H,13,14,16). The van der Waals surface area contributed by atoms with Gasteiger partial charge in [-0.05, 0) is 18.2 Å². The minimum atomic E-state index is -3.91. The maximum atomic E-state index is 13.5. The molecule has 0 amide bonds. The highest BCUT2D eigenvalue weighted by Gasteiger charge is 2.18. The normalized spacial score (nSPS) is 11.7. The van der Waals surface area contributed by atoms with Gasteiger partial charge < -0.3 is 0 Å². The van der Waals surface area contributed by atoms with Crippen LogP contribution in [0.3, 0.4) is 0 Å². The Morgan fingerprint density at radius 2 is 2.21 bits per heavy atom. The number of H-pyrrole nitrogens is 1. The van der Waals surface area contributed by atoms with E-state index in [9.17, 15) is 12.8 Å². The Morgan fingerprint density at radius 3 is 2.84 bits per heavy atom. The molecule has 0 fully saturated rings. The van der Waals surface area contributed by atoms with Crippen LogP contribution in [0, 0.1) is 5.82 Å². The largest absolute Gasteiger partial charge is 0.263 e. The Kier molecular flexibility index (Phi) is 4.13. The molecule has 0 spiro atoms. The van der Waals surface area contributed by atoms with E-state index in [-0.39, 0.29) is 11.6 Å². The molecule has 1 aromatic carbocycles. The third-order valence-corrected chi connectivity index (χ3v) is 4.03. The van der Waals surface area contributed by atoms with E-state index >= 15 is 0 Å². The van der Waals surface area contributed by atoms with Gasteiger partial charge in [0.15, 0.2) is 0 Å². The van der Waals surface area contributed by atoms with Gasteiger partial charge >= 0.3 is 0 Å². The number of aromatic amines is 1. The van der Waals surface area contributed by atoms with Crippen LogP contribution in [-0.2, 0) is 16.4 Å². The number of hydrogen-bond acceptors (Lipinski definition) is 4. The van der Waals surface area contributed by atoms with Crippen LogP contribution < -0.4 is 4.72 Å². The number of rotatable bonds is 5. The summed E-state index contributed by atoms with van der Waals surface area (Å²) in [6.45, 7) is 0.0829. The molecule has 0 unspecified atom stereocenters. The maximum absolute atomic E-state index is 13.5. The van der Waals surface area contributed by atoms with Crippen molar-refractivity contribution in [2.45, 2.75) is 11.3 Å². The van der Waals surface area contributed by atoms with Crippen molar-refractivity contribution in [3.63, 3.8) is 0 Å². The van der Waals surface area contributed by atoms with Crippen LogP contribution in [0.2, 0.25) is 5.02 Å². The van der Waals surface area contributed by atoms with Gasteiger partial charge in [-0.15, -0.1) is 0 Å². The first-order valence-electron chi connectivity index (χ1n) is 5.28. The molecule has 1 heterocycles. The summed E-state index contributed by atoms with van der Waals surface area (Å²) in [4.78, 5) is 3.41. The number of nitrogens with zero attached hydrogens (tertiary/aromatic N) is 2. The summed E-state index contributed by atoms with van der Waals surface area (Å²) in [5.74, 6) is -0.348. The highest BCUT2D eigenvalue weighted by Crippen LogP contribution is 2.18. The molecule has 0 bridgehead atoms. The number of halogens is 2. The Morgan fingerprint density at radius 1 is 1.42 bits per heavy atom. The third-order valence-electron chi connectivity index (χ3n) is 2.30. The van der Waals surface area contributed by atoms with E-state index in [0.717, 1.165) is 12.1 Å². The lowest BCUT2D eigenvalue weighted by atomic mass is 10.3. The molecule has 0 saturated carbocycles. The van der Waals surface area contributed by atoms with E-state index in [4.69, 9.17) is 11.6 Å². The molecule has 1 aromatic heterocycles. The van der Waals surface area contributed by atoms with E-state index in [0.29, 0.717) is 12.2 Å². The summed E-state index contributed by atoms with van der Waals surface area (Å²) in [7, 11) is -3.91. The van der Waals surface area contributed by atoms with Crippen molar-refractivity contribution in [1.29, 1.82) is 0 Å². The average molecular weight is 305 g/mol. The molecule has 2 aromatic rings. The second-order valence-corrected chi connectivity index (χ2v) is 5.83. The van der Waals surface area contributed by atoms with E-state index in [2.05, 4.69) is 19.9 Å². The fourth-order valence-electron chi connectivity index (χ4n) is 1.43. The number of benzene rings is 1. The SMILES string of the molecule is O=S(=O)(NCCc1ncn[nH]1)c1ccc(Cl)cc1F. The minimum absolute atomic E-state index is 0.0829. The van der Waals surface area contributed by atoms with Gasteiger partial charge in [0.05, 0.1) is 0 Å². The first-order valence-corrected chi connectivity index (χ1v) is 7.14. The van der Waals surface area contributed by atoms with Crippen LogP contribution in [0.4, 0.5) is 4.39 Å². The Balaban J connectivity index is 2.05. The molecule has 0 aliphatic carbocycles. The summed E-state index contributed by atoms with van der Waals surface area (Å²) < 4.78 is 39.5. The van der Waals surface area contributed by atoms with Gasteiger partial charge in [0, 0.05) is 18.0 Å². The molecular weight excluding hydrogens is 295 g/mol. The van der Waals surface area contributed by atoms with Gasteiger partial charge in [0.25, 0.3) is 0 Å². The number of sulfonamides is 1. The Hall–Kier alpha value is -1.51. The highest BCUT2D eigenvalue weighted by molar-refractivity contribution is 7.89. The van der Waals surface area contributed by atoms with Gasteiger partial charge in [0.2, 0.25) is 10.0 Å². The highest BCUT2D eigenvalue weighted by atomic mass is 35.5. The average Bonchev–Trinajstić information content (AvgIpc) is 2.81. The minimum Gasteiger partial charge on any atom is -0.263 e. The van der Waals surface area contributed by atoms with Gasteiger partial charge in [-0.1, -0.05) is 11.6 Å². The van der Waals surface area contributed by atoms with Gasteiger partial charge in [-0.2, -0.15) is 5.10 Å². The van der Waals surface area contributed by atoms with Crippen LogP contribution in [0.15, 0.2) is 29.4 Å². The van der Waals surface area contributed by atoms with Gasteiger partial charge in [0.1, 0.15) is 22.9 Å². The summed E-state index contributed by atoms with van der Waals surface area (Å²) in [5.41, 5.74) is 0. The summed E-state index contributed by atoms with van der Waals surface area (Å²) in [6, 6.07) is 3.39. The molecule has 0 aliphatic rings. The lowest BCUT2D eigenvalue weighted by Crippen LogP contribution is -2.27. The Labute approximate surface area is 114 Å². The molecule has 0 saturated heterocycles. The number of aromatic nitrogens is 3. The van der Waals surface area contributed by atoms with E-state index in [1.165, 1.54) is 12.4 Å². The van der Waals surface area contributed by atoms with Crippen LogP contribution >= 0.6 is 11.6 Å². The lowest BCUT2D eigenvalue weighted by molar-refractivity contribution is 0.556. The van der Waals surface area contributed by atoms with Crippen molar-refractivity contribution in [3.8, 4) is 0 Å². The van der Waals surface area contributed by atoms with Crippen molar-refractivity contribution in [2.24, 2.45) is 0 Å². The summed E-state index contributed by atoms with van der Waals surface area (Å²) >= 11 is 5.56. The molecule has 19 heavy (non-hydrogen) atoms. The quantitative estimate of drug-likeness (QED) is 0.866. The van der Waals surface area contributed by atoms with E-state index < -0.39 is 20.7 Å². The lowest BCUT2D eigenvalue weighted by Gasteiger charge is -2.07. The smallest absolute Gasteiger partial charge is 0.243 e. The maximum Gasteiger partial charge on any atom is 0.243 e. The third kappa shape index (κ3) is 3.49. The summed E-state index contributed by atoms with van der Waals surface area (Å²) in [6.07, 6.45) is 1.65. The molecule has 6 nitrogen and oxygen atoms in total. The monoisotopic (exact) mass is 304 g/mol. The fourth-order valence-corrected chi connectivity index (χ4v) is 2.67. The van der Waals surface area contributed by atoms with Crippen molar-refractivity contribution in [2.75, 3.05) is 6.54 Å². The van der Waals surface area contributed by atoms with Crippen molar-refractivity contribution in [1.82, 2.24) is 19.9 Å². The van der Waals surface area contributed by atoms with Crippen LogP contribution in [0.1, 0.15) is 5.82 Å². The molecular formula is C10H10ClFN4O2S. The molecule has 0 aliphatic heterocycles. The second-order valence-electron chi connectivity index (χ2n) is 3.65. The van der Waals surface area contributed by atoms with Gasteiger partial charge in [-0.25, -0.2) is 22.5 Å².